The molecule has 2 aromatic rings. The fourth-order valence-electron chi connectivity index (χ4n) is 1.88. The molecule has 1 aromatic carbocycles. The Hall–Kier alpha value is -2.56. The van der Waals surface area contributed by atoms with Gasteiger partial charge in [-0.3, -0.25) is 5.41 Å². The zero-order valence-electron chi connectivity index (χ0n) is 9.72. The standard InChI is InChI=1S/C13H14N4O/c1-2-8(11-6-16-7-17-11)9-4-3-5-10(12(9)18)13(14)15/h2-8,18H,1H2,(H3,14,15)(H,16,17). The molecule has 0 radical (unpaired) electrons. The Morgan fingerprint density at radius 1 is 1.56 bits per heavy atom. The van der Waals surface area contributed by atoms with E-state index < -0.39 is 0 Å². The summed E-state index contributed by atoms with van der Waals surface area (Å²) < 4.78 is 0. The molecule has 0 bridgehead atoms. The van der Waals surface area contributed by atoms with Gasteiger partial charge in [-0.25, -0.2) is 4.98 Å². The zero-order chi connectivity index (χ0) is 13.1. The summed E-state index contributed by atoms with van der Waals surface area (Å²) in [6.45, 7) is 3.76. The van der Waals surface area contributed by atoms with Crippen molar-refractivity contribution >= 4 is 5.84 Å². The largest absolute Gasteiger partial charge is 0.507 e. The van der Waals surface area contributed by atoms with Crippen molar-refractivity contribution in [3.05, 3.63) is 60.2 Å². The fraction of sp³-hybridized carbons (Fsp3) is 0.0769. The summed E-state index contributed by atoms with van der Waals surface area (Å²) in [4.78, 5) is 7.02. The van der Waals surface area contributed by atoms with E-state index in [1.165, 1.54) is 0 Å². The first-order valence-corrected chi connectivity index (χ1v) is 5.42. The van der Waals surface area contributed by atoms with Crippen LogP contribution in [0.2, 0.25) is 0 Å². The lowest BCUT2D eigenvalue weighted by Gasteiger charge is -2.14. The van der Waals surface area contributed by atoms with Gasteiger partial charge in [0, 0.05) is 17.7 Å². The highest BCUT2D eigenvalue weighted by atomic mass is 16.3. The third-order valence-corrected chi connectivity index (χ3v) is 2.77. The van der Waals surface area contributed by atoms with Crippen molar-refractivity contribution in [3.8, 4) is 5.75 Å². The Balaban J connectivity index is 2.53. The molecule has 0 saturated carbocycles. The number of nitrogens with two attached hydrogens (primary N) is 1. The summed E-state index contributed by atoms with van der Waals surface area (Å²) in [6.07, 6.45) is 5.00. The number of nitrogens with zero attached hydrogens (tertiary/aromatic N) is 1. The molecule has 1 aromatic heterocycles. The van der Waals surface area contributed by atoms with Crippen LogP contribution in [0.15, 0.2) is 43.4 Å². The van der Waals surface area contributed by atoms with Crippen molar-refractivity contribution in [3.63, 3.8) is 0 Å². The second-order valence-corrected chi connectivity index (χ2v) is 3.86. The molecule has 5 nitrogen and oxygen atoms in total. The fourth-order valence-corrected chi connectivity index (χ4v) is 1.88. The van der Waals surface area contributed by atoms with Crippen LogP contribution in [0.1, 0.15) is 22.7 Å². The minimum atomic E-state index is -0.240. The number of nitrogens with one attached hydrogen (secondary N) is 2. The van der Waals surface area contributed by atoms with Gasteiger partial charge in [0.05, 0.1) is 17.6 Å². The molecule has 0 aliphatic rings. The lowest BCUT2D eigenvalue weighted by Crippen LogP contribution is -2.12. The number of hydrogen-bond acceptors (Lipinski definition) is 3. The summed E-state index contributed by atoms with van der Waals surface area (Å²) >= 11 is 0. The van der Waals surface area contributed by atoms with Crippen LogP contribution in [0.4, 0.5) is 0 Å². The maximum Gasteiger partial charge on any atom is 0.130 e. The highest BCUT2D eigenvalue weighted by Crippen LogP contribution is 2.33. The van der Waals surface area contributed by atoms with Gasteiger partial charge in [-0.15, -0.1) is 6.58 Å². The average molecular weight is 242 g/mol. The summed E-state index contributed by atoms with van der Waals surface area (Å²) in [5.74, 6) is -0.410. The van der Waals surface area contributed by atoms with Crippen molar-refractivity contribution in [2.45, 2.75) is 5.92 Å². The predicted octanol–water partition coefficient (Wildman–Crippen LogP) is 1.72. The minimum Gasteiger partial charge on any atom is -0.507 e. The highest BCUT2D eigenvalue weighted by molar-refractivity contribution is 5.98. The predicted molar refractivity (Wildman–Crippen MR) is 69.8 cm³/mol. The number of para-hydroxylation sites is 1. The van der Waals surface area contributed by atoms with Crippen LogP contribution < -0.4 is 5.73 Å². The number of phenolic OH excluding ortho intramolecular Hbond substituents is 1. The van der Waals surface area contributed by atoms with E-state index in [1.54, 1.807) is 36.8 Å². The van der Waals surface area contributed by atoms with E-state index in [-0.39, 0.29) is 17.5 Å². The molecule has 92 valence electrons. The molecule has 0 spiro atoms. The number of hydrogen-bond donors (Lipinski definition) is 4. The zero-order valence-corrected chi connectivity index (χ0v) is 9.72. The van der Waals surface area contributed by atoms with E-state index in [2.05, 4.69) is 16.5 Å². The smallest absolute Gasteiger partial charge is 0.130 e. The number of H-pyrrole nitrogens is 1. The van der Waals surface area contributed by atoms with Gasteiger partial charge in [-0.05, 0) is 6.07 Å². The second-order valence-electron chi connectivity index (χ2n) is 3.86. The Morgan fingerprint density at radius 3 is 2.89 bits per heavy atom. The lowest BCUT2D eigenvalue weighted by atomic mass is 9.93. The van der Waals surface area contributed by atoms with Crippen LogP contribution in [0.3, 0.4) is 0 Å². The van der Waals surface area contributed by atoms with Gasteiger partial charge in [0.2, 0.25) is 0 Å². The number of aromatic amines is 1. The molecule has 0 fully saturated rings. The highest BCUT2D eigenvalue weighted by Gasteiger charge is 2.18. The van der Waals surface area contributed by atoms with E-state index in [1.807, 2.05) is 0 Å². The number of aromatic nitrogens is 2. The van der Waals surface area contributed by atoms with E-state index in [0.29, 0.717) is 11.1 Å². The van der Waals surface area contributed by atoms with Gasteiger partial charge in [0.15, 0.2) is 0 Å². The summed E-state index contributed by atoms with van der Waals surface area (Å²) in [7, 11) is 0. The molecule has 1 heterocycles. The first kappa shape index (κ1) is 11.9. The number of aromatic hydroxyl groups is 1. The number of rotatable bonds is 4. The molecule has 2 rings (SSSR count). The van der Waals surface area contributed by atoms with Crippen molar-refractivity contribution < 1.29 is 5.11 Å². The maximum atomic E-state index is 10.2. The SMILES string of the molecule is C=CC(c1c[nH]cn1)c1cccc(C(=N)N)c1O. The third kappa shape index (κ3) is 1.98. The quantitative estimate of drug-likeness (QED) is 0.373. The van der Waals surface area contributed by atoms with Gasteiger partial charge in [-0.2, -0.15) is 0 Å². The van der Waals surface area contributed by atoms with Gasteiger partial charge in [0.25, 0.3) is 0 Å². The van der Waals surface area contributed by atoms with Crippen molar-refractivity contribution in [1.29, 1.82) is 5.41 Å². The molecule has 5 heteroatoms. The Morgan fingerprint density at radius 2 is 2.33 bits per heavy atom. The number of benzene rings is 1. The van der Waals surface area contributed by atoms with Gasteiger partial charge in [0.1, 0.15) is 11.6 Å². The number of imidazole rings is 1. The van der Waals surface area contributed by atoms with E-state index >= 15 is 0 Å². The molecule has 1 atom stereocenters. The van der Waals surface area contributed by atoms with Crippen molar-refractivity contribution in [2.24, 2.45) is 5.73 Å². The van der Waals surface area contributed by atoms with E-state index in [9.17, 15) is 5.11 Å². The van der Waals surface area contributed by atoms with Crippen LogP contribution in [0, 0.1) is 5.41 Å². The summed E-state index contributed by atoms with van der Waals surface area (Å²) in [5.41, 5.74) is 7.11. The minimum absolute atomic E-state index is 0.00194. The van der Waals surface area contributed by atoms with Crippen LogP contribution in [0.25, 0.3) is 0 Å². The molecule has 0 aliphatic heterocycles. The molecule has 1 unspecified atom stereocenters. The Kier molecular flexibility index (Phi) is 3.14. The molecule has 18 heavy (non-hydrogen) atoms. The molecular weight excluding hydrogens is 228 g/mol. The van der Waals surface area contributed by atoms with Crippen LogP contribution in [-0.2, 0) is 0 Å². The number of nitrogen functional groups attached to an aromatic ring is 1. The van der Waals surface area contributed by atoms with Gasteiger partial charge < -0.3 is 15.8 Å². The monoisotopic (exact) mass is 242 g/mol. The van der Waals surface area contributed by atoms with Gasteiger partial charge >= 0.3 is 0 Å². The number of allylic oxidation sites excluding steroid dienone is 1. The molecule has 0 amide bonds. The second kappa shape index (κ2) is 4.75. The normalized spacial score (nSPS) is 12.0. The lowest BCUT2D eigenvalue weighted by molar-refractivity contribution is 0.466. The molecule has 0 aliphatic carbocycles. The molecular formula is C13H14N4O. The van der Waals surface area contributed by atoms with Crippen LogP contribution in [-0.4, -0.2) is 20.9 Å². The first-order valence-electron chi connectivity index (χ1n) is 5.42. The molecule has 5 N–H and O–H groups in total. The number of amidine groups is 1. The van der Waals surface area contributed by atoms with Crippen LogP contribution in [0.5, 0.6) is 5.75 Å². The number of phenols is 1. The average Bonchev–Trinajstić information content (AvgIpc) is 2.85. The Labute approximate surface area is 105 Å². The first-order chi connectivity index (χ1) is 8.65. The maximum absolute atomic E-state index is 10.2. The van der Waals surface area contributed by atoms with E-state index in [0.717, 1.165) is 5.69 Å². The van der Waals surface area contributed by atoms with Crippen LogP contribution >= 0.6 is 0 Å². The van der Waals surface area contributed by atoms with E-state index in [4.69, 9.17) is 11.1 Å². The van der Waals surface area contributed by atoms with Crippen molar-refractivity contribution in [1.82, 2.24) is 9.97 Å². The topological polar surface area (TPSA) is 98.8 Å². The summed E-state index contributed by atoms with van der Waals surface area (Å²) in [5, 5.41) is 17.6. The van der Waals surface area contributed by atoms with Crippen molar-refractivity contribution in [2.75, 3.05) is 0 Å². The molecule has 0 saturated heterocycles. The Bertz CT molecular complexity index is 575. The van der Waals surface area contributed by atoms with Gasteiger partial charge in [-0.1, -0.05) is 18.2 Å². The summed E-state index contributed by atoms with van der Waals surface area (Å²) in [6, 6.07) is 5.11. The third-order valence-electron chi connectivity index (χ3n) is 2.77.